The van der Waals surface area contributed by atoms with E-state index in [1.807, 2.05) is 23.1 Å². The van der Waals surface area contributed by atoms with Crippen molar-refractivity contribution in [2.45, 2.75) is 45.1 Å². The van der Waals surface area contributed by atoms with Gasteiger partial charge in [0, 0.05) is 25.6 Å². The van der Waals surface area contributed by atoms with Gasteiger partial charge in [-0.15, -0.1) is 0 Å². The van der Waals surface area contributed by atoms with Crippen LogP contribution in [0.1, 0.15) is 39.0 Å². The fourth-order valence-electron chi connectivity index (χ4n) is 4.13. The molecule has 5 heteroatoms. The minimum atomic E-state index is -0.138. The molecule has 0 saturated heterocycles. The Bertz CT molecular complexity index is 638. The van der Waals surface area contributed by atoms with Gasteiger partial charge in [-0.25, -0.2) is 0 Å². The van der Waals surface area contributed by atoms with Gasteiger partial charge in [0.1, 0.15) is 0 Å². The molecule has 5 nitrogen and oxygen atoms in total. The maximum atomic E-state index is 13.3. The van der Waals surface area contributed by atoms with E-state index >= 15 is 0 Å². The summed E-state index contributed by atoms with van der Waals surface area (Å²) < 4.78 is 4.85. The van der Waals surface area contributed by atoms with E-state index in [0.29, 0.717) is 0 Å². The van der Waals surface area contributed by atoms with Crippen molar-refractivity contribution >= 4 is 23.3 Å². The van der Waals surface area contributed by atoms with Crippen molar-refractivity contribution < 1.29 is 14.3 Å². The standard InChI is InChI=1S/C20H28N2O3/c1-14-12-13-21(2)17-6-4-5-7-18(17)22(14)19(23)15-8-10-16(11-9-15)20(24)25-3/h4-7,14-16H,8-13H2,1-3H3/t14-,15?,16?/m1/s1. The predicted molar refractivity (Wildman–Crippen MR) is 98.7 cm³/mol. The first kappa shape index (κ1) is 17.8. The summed E-state index contributed by atoms with van der Waals surface area (Å²) in [6.45, 7) is 3.07. The molecule has 1 fully saturated rings. The Morgan fingerprint density at radius 2 is 1.60 bits per heavy atom. The number of para-hydroxylation sites is 2. The van der Waals surface area contributed by atoms with Gasteiger partial charge in [0.05, 0.1) is 24.4 Å². The van der Waals surface area contributed by atoms with Crippen LogP contribution in [0, 0.1) is 11.8 Å². The largest absolute Gasteiger partial charge is 0.469 e. The van der Waals surface area contributed by atoms with E-state index in [-0.39, 0.29) is 29.8 Å². The third-order valence-corrected chi connectivity index (χ3v) is 5.72. The molecule has 0 radical (unpaired) electrons. The highest BCUT2D eigenvalue weighted by atomic mass is 16.5. The number of amides is 1. The quantitative estimate of drug-likeness (QED) is 0.773. The number of ether oxygens (including phenoxy) is 1. The molecule has 1 amide bonds. The molecule has 1 saturated carbocycles. The molecule has 1 aliphatic carbocycles. The van der Waals surface area contributed by atoms with Crippen molar-refractivity contribution in [2.75, 3.05) is 30.5 Å². The maximum absolute atomic E-state index is 13.3. The van der Waals surface area contributed by atoms with Crippen LogP contribution >= 0.6 is 0 Å². The van der Waals surface area contributed by atoms with Gasteiger partial charge in [0.2, 0.25) is 5.91 Å². The van der Waals surface area contributed by atoms with Crippen molar-refractivity contribution in [2.24, 2.45) is 11.8 Å². The summed E-state index contributed by atoms with van der Waals surface area (Å²) in [5.41, 5.74) is 2.12. The molecule has 0 N–H and O–H groups in total. The number of hydrogen-bond donors (Lipinski definition) is 0. The molecule has 1 aliphatic heterocycles. The van der Waals surface area contributed by atoms with Gasteiger partial charge < -0.3 is 14.5 Å². The number of carbonyl (C=O) groups is 2. The van der Waals surface area contributed by atoms with Gasteiger partial charge >= 0.3 is 5.97 Å². The summed E-state index contributed by atoms with van der Waals surface area (Å²) in [7, 11) is 3.52. The lowest BCUT2D eigenvalue weighted by Crippen LogP contribution is -2.43. The molecule has 0 unspecified atom stereocenters. The Hall–Kier alpha value is -2.04. The first-order valence-corrected chi connectivity index (χ1v) is 9.24. The number of benzene rings is 1. The van der Waals surface area contributed by atoms with Gasteiger partial charge in [-0.2, -0.15) is 0 Å². The van der Waals surface area contributed by atoms with Crippen LogP contribution < -0.4 is 9.80 Å². The Kier molecular flexibility index (Phi) is 5.30. The van der Waals surface area contributed by atoms with Crippen LogP contribution in [0.5, 0.6) is 0 Å². The predicted octanol–water partition coefficient (Wildman–Crippen LogP) is 3.23. The fourth-order valence-corrected chi connectivity index (χ4v) is 4.13. The number of nitrogens with zero attached hydrogens (tertiary/aromatic N) is 2. The topological polar surface area (TPSA) is 49.9 Å². The second kappa shape index (κ2) is 7.46. The highest BCUT2D eigenvalue weighted by Gasteiger charge is 2.36. The fraction of sp³-hybridized carbons (Fsp3) is 0.600. The van der Waals surface area contributed by atoms with Crippen molar-refractivity contribution in [1.29, 1.82) is 0 Å². The smallest absolute Gasteiger partial charge is 0.308 e. The van der Waals surface area contributed by atoms with Crippen LogP contribution in [0.4, 0.5) is 11.4 Å². The highest BCUT2D eigenvalue weighted by Crippen LogP contribution is 2.37. The summed E-state index contributed by atoms with van der Waals surface area (Å²) in [5.74, 6) is 0.0217. The summed E-state index contributed by atoms with van der Waals surface area (Å²) >= 11 is 0. The second-order valence-electron chi connectivity index (χ2n) is 7.33. The molecule has 2 aliphatic rings. The number of fused-ring (bicyclic) bond motifs is 1. The zero-order valence-corrected chi connectivity index (χ0v) is 15.4. The molecular formula is C20H28N2O3. The first-order chi connectivity index (χ1) is 12.0. The molecule has 0 aromatic heterocycles. The van der Waals surface area contributed by atoms with Crippen LogP contribution in [-0.2, 0) is 14.3 Å². The van der Waals surface area contributed by atoms with Crippen molar-refractivity contribution in [1.82, 2.24) is 0 Å². The van der Waals surface area contributed by atoms with Crippen LogP contribution in [0.2, 0.25) is 0 Å². The van der Waals surface area contributed by atoms with E-state index in [0.717, 1.165) is 50.0 Å². The van der Waals surface area contributed by atoms with Gasteiger partial charge in [0.25, 0.3) is 0 Å². The number of esters is 1. The molecule has 1 aromatic rings. The first-order valence-electron chi connectivity index (χ1n) is 9.24. The molecular weight excluding hydrogens is 316 g/mol. The minimum absolute atomic E-state index is 0.000168. The number of hydrogen-bond acceptors (Lipinski definition) is 4. The number of methoxy groups -OCH3 is 1. The van der Waals surface area contributed by atoms with Crippen molar-refractivity contribution in [3.05, 3.63) is 24.3 Å². The van der Waals surface area contributed by atoms with Gasteiger partial charge in [-0.05, 0) is 51.2 Å². The van der Waals surface area contributed by atoms with Crippen molar-refractivity contribution in [3.8, 4) is 0 Å². The Morgan fingerprint density at radius 1 is 1.00 bits per heavy atom. The lowest BCUT2D eigenvalue weighted by molar-refractivity contribution is -0.147. The van der Waals surface area contributed by atoms with E-state index in [4.69, 9.17) is 4.74 Å². The summed E-state index contributed by atoms with van der Waals surface area (Å²) in [6, 6.07) is 8.33. The molecule has 0 spiro atoms. The maximum Gasteiger partial charge on any atom is 0.308 e. The Labute approximate surface area is 149 Å². The summed E-state index contributed by atoms with van der Waals surface area (Å²) in [6.07, 6.45) is 3.97. The zero-order chi connectivity index (χ0) is 18.0. The highest BCUT2D eigenvalue weighted by molar-refractivity contribution is 5.99. The van der Waals surface area contributed by atoms with Gasteiger partial charge in [-0.3, -0.25) is 9.59 Å². The molecule has 0 bridgehead atoms. The molecule has 1 atom stereocenters. The van der Waals surface area contributed by atoms with Crippen molar-refractivity contribution in [3.63, 3.8) is 0 Å². The van der Waals surface area contributed by atoms with E-state index in [1.54, 1.807) is 0 Å². The number of rotatable bonds is 2. The number of anilines is 2. The van der Waals surface area contributed by atoms with Gasteiger partial charge in [0.15, 0.2) is 0 Å². The zero-order valence-electron chi connectivity index (χ0n) is 15.4. The van der Waals surface area contributed by atoms with Crippen LogP contribution in [0.15, 0.2) is 24.3 Å². The number of carbonyl (C=O) groups excluding carboxylic acids is 2. The molecule has 1 aromatic carbocycles. The van der Waals surface area contributed by atoms with Gasteiger partial charge in [-0.1, -0.05) is 12.1 Å². The van der Waals surface area contributed by atoms with Crippen LogP contribution in [0.3, 0.4) is 0 Å². The summed E-state index contributed by atoms with van der Waals surface area (Å²) in [4.78, 5) is 29.3. The molecule has 25 heavy (non-hydrogen) atoms. The third kappa shape index (κ3) is 3.51. The third-order valence-electron chi connectivity index (χ3n) is 5.72. The Morgan fingerprint density at radius 3 is 2.24 bits per heavy atom. The molecule has 1 heterocycles. The normalized spacial score (nSPS) is 26.6. The minimum Gasteiger partial charge on any atom is -0.469 e. The van der Waals surface area contributed by atoms with Crippen LogP contribution in [0.25, 0.3) is 0 Å². The lowest BCUT2D eigenvalue weighted by atomic mass is 9.81. The van der Waals surface area contributed by atoms with E-state index in [9.17, 15) is 9.59 Å². The molecule has 136 valence electrons. The van der Waals surface area contributed by atoms with E-state index < -0.39 is 0 Å². The van der Waals surface area contributed by atoms with E-state index in [2.05, 4.69) is 24.9 Å². The Balaban J connectivity index is 1.79. The van der Waals surface area contributed by atoms with E-state index in [1.165, 1.54) is 7.11 Å². The summed E-state index contributed by atoms with van der Waals surface area (Å²) in [5, 5.41) is 0. The second-order valence-corrected chi connectivity index (χ2v) is 7.33. The average Bonchev–Trinajstić information content (AvgIpc) is 2.77. The average molecular weight is 344 g/mol. The van der Waals surface area contributed by atoms with Crippen LogP contribution in [-0.4, -0.2) is 38.6 Å². The lowest BCUT2D eigenvalue weighted by Gasteiger charge is -2.34. The monoisotopic (exact) mass is 344 g/mol. The molecule has 3 rings (SSSR count). The SMILES string of the molecule is COC(=O)C1CCC(C(=O)N2c3ccccc3N(C)CC[C@H]2C)CC1.